The van der Waals surface area contributed by atoms with Crippen LogP contribution in [0.4, 0.5) is 28.4 Å². The molecule has 4 nitrogen and oxygen atoms in total. The molecule has 68 heavy (non-hydrogen) atoms. The number of hydrogen-bond acceptors (Lipinski definition) is 4. The van der Waals surface area contributed by atoms with Gasteiger partial charge >= 0.3 is 0 Å². The van der Waals surface area contributed by atoms with E-state index in [2.05, 4.69) is 230 Å². The summed E-state index contributed by atoms with van der Waals surface area (Å²) < 4.78 is 13.9. The van der Waals surface area contributed by atoms with Crippen LogP contribution in [0.15, 0.2) is 168 Å². The standard InChI is InChI=1S/C64H56N2O2/c1-37-31-53-59-54(32-37)66(51-18-14-16-45-44-15-10-12-19-55(44)68-61(45)51)52-36-57-50(64(8,9)49-17-11-13-20-56(49)67-57)35-47(52)58(59)48-33-40-23-28-42(63(5,6)7)34-46(40)60(48)65(53)43-29-24-39(25-30-43)38-21-26-41(27-22-38)62(2,3)4/h10-32,34-36,58H,33H2,1-9H3. The lowest BCUT2D eigenvalue weighted by Crippen LogP contribution is -2.32. The normalized spacial score (nSPS) is 16.5. The molecule has 4 heterocycles. The van der Waals surface area contributed by atoms with Crippen LogP contribution in [-0.2, 0) is 22.7 Å². The zero-order chi connectivity index (χ0) is 46.6. The third-order valence-electron chi connectivity index (χ3n) is 15.5. The van der Waals surface area contributed by atoms with E-state index in [0.29, 0.717) is 0 Å². The van der Waals surface area contributed by atoms with Crippen LogP contribution >= 0.6 is 0 Å². The van der Waals surface area contributed by atoms with Crippen molar-refractivity contribution in [3.63, 3.8) is 0 Å². The number of para-hydroxylation sites is 3. The molecule has 8 aromatic carbocycles. The summed E-state index contributed by atoms with van der Waals surface area (Å²) in [6, 6.07) is 59.0. The number of anilines is 5. The maximum absolute atomic E-state index is 6.97. The van der Waals surface area contributed by atoms with Crippen molar-refractivity contribution in [3.8, 4) is 22.6 Å². The highest BCUT2D eigenvalue weighted by molar-refractivity contribution is 6.12. The summed E-state index contributed by atoms with van der Waals surface area (Å²) >= 11 is 0. The van der Waals surface area contributed by atoms with Crippen LogP contribution in [0.2, 0.25) is 0 Å². The molecule has 0 spiro atoms. The summed E-state index contributed by atoms with van der Waals surface area (Å²) in [4.78, 5) is 5.10. The highest BCUT2D eigenvalue weighted by atomic mass is 16.5. The molecule has 13 rings (SSSR count). The van der Waals surface area contributed by atoms with Gasteiger partial charge in [-0.25, -0.2) is 0 Å². The van der Waals surface area contributed by atoms with Crippen LogP contribution in [0.5, 0.6) is 11.5 Å². The summed E-state index contributed by atoms with van der Waals surface area (Å²) in [5.41, 5.74) is 24.0. The van der Waals surface area contributed by atoms with Gasteiger partial charge in [0.25, 0.3) is 0 Å². The number of fused-ring (bicyclic) bond motifs is 10. The molecule has 1 aromatic heterocycles. The van der Waals surface area contributed by atoms with Gasteiger partial charge < -0.3 is 19.0 Å². The zero-order valence-electron chi connectivity index (χ0n) is 40.5. The molecule has 0 amide bonds. The van der Waals surface area contributed by atoms with Crippen molar-refractivity contribution in [2.45, 2.75) is 90.9 Å². The minimum Gasteiger partial charge on any atom is -0.457 e. The minimum atomic E-state index is -0.299. The van der Waals surface area contributed by atoms with Crippen molar-refractivity contribution in [1.82, 2.24) is 0 Å². The minimum absolute atomic E-state index is 0.0136. The van der Waals surface area contributed by atoms with Crippen LogP contribution < -0.4 is 14.5 Å². The first-order valence-corrected chi connectivity index (χ1v) is 24.3. The average molecular weight is 885 g/mol. The molecular formula is C64H56N2O2. The molecule has 3 aliphatic heterocycles. The maximum Gasteiger partial charge on any atom is 0.159 e. The molecule has 1 aliphatic carbocycles. The number of allylic oxidation sites excluding steroid dienone is 1. The van der Waals surface area contributed by atoms with E-state index >= 15 is 0 Å². The number of aryl methyl sites for hydroxylation is 1. The van der Waals surface area contributed by atoms with E-state index in [1.54, 1.807) is 0 Å². The van der Waals surface area contributed by atoms with Crippen molar-refractivity contribution >= 4 is 56.1 Å². The second-order valence-electron chi connectivity index (χ2n) is 22.2. The first-order valence-electron chi connectivity index (χ1n) is 24.3. The zero-order valence-corrected chi connectivity index (χ0v) is 40.5. The number of rotatable bonds is 3. The Kier molecular flexibility index (Phi) is 8.50. The number of nitrogens with zero attached hydrogens (tertiary/aromatic N) is 2. The van der Waals surface area contributed by atoms with E-state index in [0.717, 1.165) is 56.9 Å². The highest BCUT2D eigenvalue weighted by Gasteiger charge is 2.47. The molecule has 0 saturated carbocycles. The van der Waals surface area contributed by atoms with Crippen molar-refractivity contribution in [2.24, 2.45) is 0 Å². The predicted octanol–water partition coefficient (Wildman–Crippen LogP) is 17.6. The molecule has 4 heteroatoms. The van der Waals surface area contributed by atoms with E-state index in [4.69, 9.17) is 9.15 Å². The Bertz CT molecular complexity index is 3630. The Morgan fingerprint density at radius 1 is 0.559 bits per heavy atom. The quantitative estimate of drug-likeness (QED) is 0.177. The Morgan fingerprint density at radius 2 is 1.22 bits per heavy atom. The molecule has 334 valence electrons. The highest BCUT2D eigenvalue weighted by Crippen LogP contribution is 2.64. The Labute approximate surface area is 400 Å². The van der Waals surface area contributed by atoms with Gasteiger partial charge in [-0.05, 0) is 123 Å². The molecule has 0 fully saturated rings. The fourth-order valence-electron chi connectivity index (χ4n) is 11.9. The Balaban J connectivity index is 1.09. The second-order valence-corrected chi connectivity index (χ2v) is 22.2. The third kappa shape index (κ3) is 5.92. The monoisotopic (exact) mass is 884 g/mol. The van der Waals surface area contributed by atoms with Crippen LogP contribution in [0, 0.1) is 6.92 Å². The number of furan rings is 1. The lowest BCUT2D eigenvalue weighted by atomic mass is 9.71. The fourth-order valence-corrected chi connectivity index (χ4v) is 11.9. The molecule has 1 atom stereocenters. The van der Waals surface area contributed by atoms with Gasteiger partial charge in [0, 0.05) is 56.1 Å². The number of benzene rings is 8. The van der Waals surface area contributed by atoms with Gasteiger partial charge in [0.2, 0.25) is 0 Å². The first kappa shape index (κ1) is 40.9. The van der Waals surface area contributed by atoms with Crippen molar-refractivity contribution < 1.29 is 9.15 Å². The fraction of sp³-hybridized carbons (Fsp3) is 0.219. The van der Waals surface area contributed by atoms with E-state index in [1.165, 1.54) is 83.8 Å². The van der Waals surface area contributed by atoms with Crippen LogP contribution in [0.3, 0.4) is 0 Å². The molecule has 0 bridgehead atoms. The van der Waals surface area contributed by atoms with Gasteiger partial charge in [-0.15, -0.1) is 0 Å². The molecular weight excluding hydrogens is 829 g/mol. The third-order valence-corrected chi connectivity index (χ3v) is 15.5. The van der Waals surface area contributed by atoms with Crippen molar-refractivity contribution in [1.29, 1.82) is 0 Å². The predicted molar refractivity (Wildman–Crippen MR) is 282 cm³/mol. The lowest BCUT2D eigenvalue weighted by molar-refractivity contribution is 0.417. The van der Waals surface area contributed by atoms with E-state index in [-0.39, 0.29) is 22.2 Å². The van der Waals surface area contributed by atoms with Crippen molar-refractivity contribution in [2.75, 3.05) is 9.80 Å². The molecule has 0 saturated heterocycles. The number of hydrogen-bond donors (Lipinski definition) is 0. The molecule has 0 N–H and O–H groups in total. The largest absolute Gasteiger partial charge is 0.457 e. The van der Waals surface area contributed by atoms with Gasteiger partial charge in [0.05, 0.1) is 28.4 Å². The summed E-state index contributed by atoms with van der Waals surface area (Å²) in [6.07, 6.45) is 0.861. The van der Waals surface area contributed by atoms with Gasteiger partial charge in [0.1, 0.15) is 17.1 Å². The summed E-state index contributed by atoms with van der Waals surface area (Å²) in [5, 5.41) is 2.22. The maximum atomic E-state index is 6.97. The molecule has 9 aromatic rings. The topological polar surface area (TPSA) is 28.9 Å². The molecule has 4 aliphatic rings. The van der Waals surface area contributed by atoms with E-state index < -0.39 is 0 Å². The second kappa shape index (κ2) is 14.1. The van der Waals surface area contributed by atoms with Crippen LogP contribution in [0.25, 0.3) is 38.8 Å². The molecule has 0 radical (unpaired) electrons. The average Bonchev–Trinajstić information content (AvgIpc) is 3.89. The number of ether oxygens (including phenoxy) is 1. The van der Waals surface area contributed by atoms with E-state index in [9.17, 15) is 0 Å². The summed E-state index contributed by atoms with van der Waals surface area (Å²) in [7, 11) is 0. The van der Waals surface area contributed by atoms with Gasteiger partial charge in [-0.2, -0.15) is 0 Å². The SMILES string of the molecule is Cc1cc2c3c(c1)N(c1cccc4c1oc1ccccc14)c1cc4c(cc1C3C1=C(c3cc(C(C)(C)C)ccc3C1)N2c1ccc(-c2ccc(C(C)(C)C)cc2)cc1)C(C)(C)c1ccccc1O4. The lowest BCUT2D eigenvalue weighted by Gasteiger charge is -2.46. The van der Waals surface area contributed by atoms with Gasteiger partial charge in [0.15, 0.2) is 5.58 Å². The Hall–Kier alpha value is -7.30. The van der Waals surface area contributed by atoms with Crippen molar-refractivity contribution in [3.05, 3.63) is 213 Å². The molecule has 1 unspecified atom stereocenters. The van der Waals surface area contributed by atoms with Gasteiger partial charge in [-0.3, -0.25) is 0 Å². The van der Waals surface area contributed by atoms with E-state index in [1.807, 2.05) is 0 Å². The first-order chi connectivity index (χ1) is 32.6. The summed E-state index contributed by atoms with van der Waals surface area (Å²) in [6.45, 7) is 20.8. The van der Waals surface area contributed by atoms with Crippen LogP contribution in [-0.4, -0.2) is 0 Å². The summed E-state index contributed by atoms with van der Waals surface area (Å²) in [5.74, 6) is 1.80. The Morgan fingerprint density at radius 3 is 1.97 bits per heavy atom. The van der Waals surface area contributed by atoms with Gasteiger partial charge in [-0.1, -0.05) is 152 Å². The smallest absolute Gasteiger partial charge is 0.159 e. The van der Waals surface area contributed by atoms with Crippen LogP contribution in [0.1, 0.15) is 111 Å².